The third-order valence-corrected chi connectivity index (χ3v) is 3.43. The summed E-state index contributed by atoms with van der Waals surface area (Å²) in [6, 6.07) is 15.1. The van der Waals surface area contributed by atoms with Gasteiger partial charge in [0.2, 0.25) is 0 Å². The fourth-order valence-electron chi connectivity index (χ4n) is 1.94. The third-order valence-electron chi connectivity index (χ3n) is 3.43. The SMILES string of the molecule is CCC(C)c1ccc(Oc2ccc(C#N)cc2N)cc1. The highest BCUT2D eigenvalue weighted by atomic mass is 16.5. The maximum atomic E-state index is 8.80. The highest BCUT2D eigenvalue weighted by molar-refractivity contribution is 5.57. The molecule has 1 unspecified atom stereocenters. The van der Waals surface area contributed by atoms with Gasteiger partial charge in [0.15, 0.2) is 0 Å². The van der Waals surface area contributed by atoms with Gasteiger partial charge in [0.1, 0.15) is 11.5 Å². The summed E-state index contributed by atoms with van der Waals surface area (Å²) in [7, 11) is 0. The molecule has 0 aliphatic carbocycles. The van der Waals surface area contributed by atoms with Crippen LogP contribution in [0.15, 0.2) is 42.5 Å². The molecule has 0 amide bonds. The molecule has 0 heterocycles. The van der Waals surface area contributed by atoms with E-state index >= 15 is 0 Å². The monoisotopic (exact) mass is 266 g/mol. The normalized spacial score (nSPS) is 11.7. The van der Waals surface area contributed by atoms with Crippen LogP contribution in [0.3, 0.4) is 0 Å². The molecule has 0 aliphatic heterocycles. The molecule has 2 aromatic carbocycles. The van der Waals surface area contributed by atoms with Crippen molar-refractivity contribution in [3.63, 3.8) is 0 Å². The Bertz CT molecular complexity index is 626. The van der Waals surface area contributed by atoms with Gasteiger partial charge >= 0.3 is 0 Å². The van der Waals surface area contributed by atoms with Crippen molar-refractivity contribution in [3.8, 4) is 17.6 Å². The van der Waals surface area contributed by atoms with Crippen molar-refractivity contribution in [1.29, 1.82) is 5.26 Å². The summed E-state index contributed by atoms with van der Waals surface area (Å²) in [6.07, 6.45) is 1.11. The van der Waals surface area contributed by atoms with Crippen LogP contribution in [-0.2, 0) is 0 Å². The van der Waals surface area contributed by atoms with E-state index in [9.17, 15) is 0 Å². The van der Waals surface area contributed by atoms with Gasteiger partial charge in [-0.1, -0.05) is 26.0 Å². The molecule has 0 aromatic heterocycles. The number of nitrogens with zero attached hydrogens (tertiary/aromatic N) is 1. The predicted octanol–water partition coefficient (Wildman–Crippen LogP) is 4.45. The van der Waals surface area contributed by atoms with Crippen molar-refractivity contribution in [2.75, 3.05) is 5.73 Å². The zero-order valence-corrected chi connectivity index (χ0v) is 11.8. The lowest BCUT2D eigenvalue weighted by atomic mass is 9.99. The van der Waals surface area contributed by atoms with Crippen molar-refractivity contribution in [2.45, 2.75) is 26.2 Å². The third kappa shape index (κ3) is 3.10. The Balaban J connectivity index is 2.16. The first kappa shape index (κ1) is 14.0. The molecule has 2 N–H and O–H groups in total. The smallest absolute Gasteiger partial charge is 0.150 e. The van der Waals surface area contributed by atoms with Crippen molar-refractivity contribution >= 4 is 5.69 Å². The molecule has 2 aromatic rings. The summed E-state index contributed by atoms with van der Waals surface area (Å²) >= 11 is 0. The van der Waals surface area contributed by atoms with Gasteiger partial charge in [0.05, 0.1) is 17.3 Å². The minimum absolute atomic E-state index is 0.468. The fourth-order valence-corrected chi connectivity index (χ4v) is 1.94. The lowest BCUT2D eigenvalue weighted by molar-refractivity contribution is 0.484. The van der Waals surface area contributed by atoms with Crippen LogP contribution in [0.1, 0.15) is 37.3 Å². The van der Waals surface area contributed by atoms with Crippen LogP contribution in [0.5, 0.6) is 11.5 Å². The number of hydrogen-bond acceptors (Lipinski definition) is 3. The van der Waals surface area contributed by atoms with Gasteiger partial charge in [-0.15, -0.1) is 0 Å². The second-order valence-electron chi connectivity index (χ2n) is 4.84. The number of anilines is 1. The van der Waals surface area contributed by atoms with Crippen molar-refractivity contribution in [1.82, 2.24) is 0 Å². The molecule has 1 atom stereocenters. The standard InChI is InChI=1S/C17H18N2O/c1-3-12(2)14-5-7-15(8-6-14)20-17-9-4-13(11-18)10-16(17)19/h4-10,12H,3,19H2,1-2H3. The van der Waals surface area contributed by atoms with Gasteiger partial charge in [-0.05, 0) is 48.2 Å². The zero-order valence-electron chi connectivity index (χ0n) is 11.8. The number of nitrogen functional groups attached to an aromatic ring is 1. The number of ether oxygens (including phenoxy) is 1. The van der Waals surface area contributed by atoms with Crippen LogP contribution in [0.25, 0.3) is 0 Å². The van der Waals surface area contributed by atoms with E-state index in [0.29, 0.717) is 22.9 Å². The van der Waals surface area contributed by atoms with E-state index in [1.54, 1.807) is 18.2 Å². The van der Waals surface area contributed by atoms with Crippen LogP contribution in [0, 0.1) is 11.3 Å². The first-order valence-corrected chi connectivity index (χ1v) is 6.71. The molecule has 0 bridgehead atoms. The summed E-state index contributed by atoms with van der Waals surface area (Å²) in [5.74, 6) is 1.86. The molecule has 20 heavy (non-hydrogen) atoms. The molecule has 0 saturated heterocycles. The summed E-state index contributed by atoms with van der Waals surface area (Å²) in [4.78, 5) is 0. The van der Waals surface area contributed by atoms with E-state index < -0.39 is 0 Å². The quantitative estimate of drug-likeness (QED) is 0.832. The fraction of sp³-hybridized carbons (Fsp3) is 0.235. The Labute approximate surface area is 119 Å². The molecule has 0 aliphatic rings. The summed E-state index contributed by atoms with van der Waals surface area (Å²) in [5.41, 5.74) is 8.16. The van der Waals surface area contributed by atoms with E-state index in [-0.39, 0.29) is 0 Å². The Morgan fingerprint density at radius 3 is 2.45 bits per heavy atom. The number of rotatable bonds is 4. The molecular weight excluding hydrogens is 248 g/mol. The van der Waals surface area contributed by atoms with Crippen LogP contribution >= 0.6 is 0 Å². The van der Waals surface area contributed by atoms with Crippen LogP contribution in [0.4, 0.5) is 5.69 Å². The molecule has 3 heteroatoms. The molecular formula is C17H18N2O. The Hall–Kier alpha value is -2.47. The Kier molecular flexibility index (Phi) is 4.27. The summed E-state index contributed by atoms with van der Waals surface area (Å²) < 4.78 is 5.74. The maximum absolute atomic E-state index is 8.80. The highest BCUT2D eigenvalue weighted by Crippen LogP contribution is 2.29. The number of nitriles is 1. The van der Waals surface area contributed by atoms with E-state index in [0.717, 1.165) is 12.2 Å². The first-order valence-electron chi connectivity index (χ1n) is 6.71. The molecule has 0 fully saturated rings. The second kappa shape index (κ2) is 6.12. The molecule has 102 valence electrons. The Morgan fingerprint density at radius 1 is 1.20 bits per heavy atom. The highest BCUT2D eigenvalue weighted by Gasteiger charge is 2.06. The number of hydrogen-bond donors (Lipinski definition) is 1. The maximum Gasteiger partial charge on any atom is 0.150 e. The second-order valence-corrected chi connectivity index (χ2v) is 4.84. The number of benzene rings is 2. The van der Waals surface area contributed by atoms with Gasteiger partial charge < -0.3 is 10.5 Å². The molecule has 0 radical (unpaired) electrons. The average Bonchev–Trinajstić information content (AvgIpc) is 2.49. The molecule has 0 spiro atoms. The van der Waals surface area contributed by atoms with Crippen molar-refractivity contribution in [3.05, 3.63) is 53.6 Å². The largest absolute Gasteiger partial charge is 0.455 e. The first-order chi connectivity index (χ1) is 9.63. The lowest BCUT2D eigenvalue weighted by Crippen LogP contribution is -1.94. The minimum Gasteiger partial charge on any atom is -0.455 e. The van der Waals surface area contributed by atoms with Crippen molar-refractivity contribution < 1.29 is 4.74 Å². The van der Waals surface area contributed by atoms with E-state index in [4.69, 9.17) is 15.7 Å². The van der Waals surface area contributed by atoms with Crippen LogP contribution in [-0.4, -0.2) is 0 Å². The zero-order chi connectivity index (χ0) is 14.5. The van der Waals surface area contributed by atoms with E-state index in [2.05, 4.69) is 26.0 Å². The van der Waals surface area contributed by atoms with Gasteiger partial charge in [0, 0.05) is 0 Å². The lowest BCUT2D eigenvalue weighted by Gasteiger charge is -2.11. The minimum atomic E-state index is 0.468. The molecule has 3 nitrogen and oxygen atoms in total. The van der Waals surface area contributed by atoms with Crippen LogP contribution in [0.2, 0.25) is 0 Å². The Morgan fingerprint density at radius 2 is 1.90 bits per heavy atom. The van der Waals surface area contributed by atoms with Crippen molar-refractivity contribution in [2.24, 2.45) is 0 Å². The van der Waals surface area contributed by atoms with E-state index in [1.807, 2.05) is 18.2 Å². The van der Waals surface area contributed by atoms with Crippen LogP contribution < -0.4 is 10.5 Å². The van der Waals surface area contributed by atoms with Gasteiger partial charge in [0.25, 0.3) is 0 Å². The average molecular weight is 266 g/mol. The predicted molar refractivity (Wildman–Crippen MR) is 80.8 cm³/mol. The van der Waals surface area contributed by atoms with Gasteiger partial charge in [-0.25, -0.2) is 0 Å². The van der Waals surface area contributed by atoms with Gasteiger partial charge in [-0.3, -0.25) is 0 Å². The van der Waals surface area contributed by atoms with E-state index in [1.165, 1.54) is 5.56 Å². The molecule has 2 rings (SSSR count). The topological polar surface area (TPSA) is 59.0 Å². The summed E-state index contributed by atoms with van der Waals surface area (Å²) in [6.45, 7) is 4.38. The van der Waals surface area contributed by atoms with Gasteiger partial charge in [-0.2, -0.15) is 5.26 Å². The number of nitrogens with two attached hydrogens (primary N) is 1. The summed E-state index contributed by atoms with van der Waals surface area (Å²) in [5, 5.41) is 8.80. The molecule has 0 saturated carbocycles.